The number of nitrogens with zero attached hydrogens (tertiary/aromatic N) is 2. The summed E-state index contributed by atoms with van der Waals surface area (Å²) in [5.74, 6) is 0.663. The molecule has 0 atom stereocenters. The van der Waals surface area contributed by atoms with Crippen molar-refractivity contribution in [3.63, 3.8) is 0 Å². The zero-order chi connectivity index (χ0) is 24.4. The van der Waals surface area contributed by atoms with Crippen LogP contribution in [0.25, 0.3) is 22.3 Å². The van der Waals surface area contributed by atoms with E-state index in [0.717, 1.165) is 40.9 Å². The number of nitrogens with one attached hydrogen (secondary N) is 1. The summed E-state index contributed by atoms with van der Waals surface area (Å²) in [5, 5.41) is 1.98. The number of para-hydroxylation sites is 1. The third-order valence-electron chi connectivity index (χ3n) is 6.59. The lowest BCUT2D eigenvalue weighted by molar-refractivity contribution is 0.319. The summed E-state index contributed by atoms with van der Waals surface area (Å²) in [5.41, 5.74) is 4.51. The van der Waals surface area contributed by atoms with E-state index in [4.69, 9.17) is 23.2 Å². The van der Waals surface area contributed by atoms with E-state index < -0.39 is 0 Å². The second kappa shape index (κ2) is 10.6. The fraction of sp³-hybridized carbons (Fsp3) is 0.250. The Labute approximate surface area is 219 Å². The minimum absolute atomic E-state index is 0.00650. The summed E-state index contributed by atoms with van der Waals surface area (Å²) in [6, 6.07) is 21.8. The number of hydrogen-bond donors (Lipinski definition) is 1. The highest BCUT2D eigenvalue weighted by Crippen LogP contribution is 2.32. The molecule has 1 aromatic heterocycles. The van der Waals surface area contributed by atoms with Crippen molar-refractivity contribution in [2.45, 2.75) is 43.9 Å². The molecule has 3 aromatic carbocycles. The Morgan fingerprint density at radius 3 is 2.51 bits per heavy atom. The summed E-state index contributed by atoms with van der Waals surface area (Å²) in [4.78, 5) is 13.7. The first kappa shape index (κ1) is 24.1. The van der Waals surface area contributed by atoms with Crippen LogP contribution in [-0.4, -0.2) is 9.36 Å². The van der Waals surface area contributed by atoms with E-state index in [1.807, 2.05) is 59.3 Å². The Balaban J connectivity index is 1.44. The van der Waals surface area contributed by atoms with Gasteiger partial charge in [-0.15, -0.1) is 0 Å². The summed E-state index contributed by atoms with van der Waals surface area (Å²) in [6.07, 6.45) is 5.84. The first-order chi connectivity index (χ1) is 17.0. The highest BCUT2D eigenvalue weighted by atomic mass is 35.5. The van der Waals surface area contributed by atoms with E-state index in [9.17, 15) is 4.79 Å². The number of benzene rings is 3. The van der Waals surface area contributed by atoms with Gasteiger partial charge in [-0.25, -0.2) is 4.68 Å². The largest absolute Gasteiger partial charge is 0.329 e. The lowest BCUT2D eigenvalue weighted by atomic mass is 9.95. The molecule has 0 radical (unpaired) electrons. The first-order valence-corrected chi connectivity index (χ1v) is 13.6. The number of rotatable bonds is 7. The molecule has 1 aliphatic carbocycles. The predicted molar refractivity (Wildman–Crippen MR) is 150 cm³/mol. The molecule has 0 spiro atoms. The van der Waals surface area contributed by atoms with Crippen molar-refractivity contribution in [1.29, 1.82) is 0 Å². The van der Waals surface area contributed by atoms with Gasteiger partial charge in [0.15, 0.2) is 0 Å². The first-order valence-electron chi connectivity index (χ1n) is 11.9. The van der Waals surface area contributed by atoms with Crippen molar-refractivity contribution in [1.82, 2.24) is 14.1 Å². The molecule has 1 heterocycles. The Bertz CT molecular complexity index is 1420. The zero-order valence-electron chi connectivity index (χ0n) is 19.3. The Morgan fingerprint density at radius 2 is 1.77 bits per heavy atom. The fourth-order valence-corrected chi connectivity index (χ4v) is 6.14. The molecule has 7 heteroatoms. The van der Waals surface area contributed by atoms with Crippen molar-refractivity contribution in [3.05, 3.63) is 105 Å². The fourth-order valence-electron chi connectivity index (χ4n) is 4.81. The highest BCUT2D eigenvalue weighted by Gasteiger charge is 2.23. The molecule has 180 valence electrons. The molecule has 1 saturated carbocycles. The minimum atomic E-state index is 0.00650. The number of fused-ring (bicyclic) bond motifs is 1. The highest BCUT2D eigenvalue weighted by molar-refractivity contribution is 7.96. The van der Waals surface area contributed by atoms with Gasteiger partial charge in [-0.2, -0.15) is 0 Å². The molecule has 35 heavy (non-hydrogen) atoms. The van der Waals surface area contributed by atoms with Gasteiger partial charge in [0.25, 0.3) is 5.56 Å². The van der Waals surface area contributed by atoms with Gasteiger partial charge in [0.1, 0.15) is 0 Å². The van der Waals surface area contributed by atoms with Gasteiger partial charge >= 0.3 is 0 Å². The molecule has 1 aliphatic rings. The van der Waals surface area contributed by atoms with Crippen molar-refractivity contribution < 1.29 is 0 Å². The molecule has 0 unspecified atom stereocenters. The molecular formula is C28H27Cl2N3OS. The topological polar surface area (TPSA) is 39.0 Å². The number of aromatic nitrogens is 2. The van der Waals surface area contributed by atoms with Gasteiger partial charge in [-0.05, 0) is 72.3 Å². The van der Waals surface area contributed by atoms with Crippen LogP contribution in [0.4, 0.5) is 0 Å². The molecule has 4 aromatic rings. The zero-order valence-corrected chi connectivity index (χ0v) is 21.7. The van der Waals surface area contributed by atoms with Crippen molar-refractivity contribution in [2.75, 3.05) is 0 Å². The van der Waals surface area contributed by atoms with Crippen LogP contribution in [0.5, 0.6) is 0 Å². The molecule has 4 nitrogen and oxygen atoms in total. The smallest absolute Gasteiger partial charge is 0.279 e. The molecular weight excluding hydrogens is 497 g/mol. The standard InChI is InChI=1S/C28H27Cl2N3OS/c1-19(31-35-18-21-12-14-22(29)17-26(21)30)20-13-15-27-25(16-20)28(34)33(24-10-6-3-7-11-24)32(27)23-8-4-2-5-9-23/h3,6-7,10-17,23,31H,1-2,4-5,8-9,18H2. The maximum absolute atomic E-state index is 13.7. The van der Waals surface area contributed by atoms with E-state index in [1.54, 1.807) is 6.07 Å². The second-order valence-electron chi connectivity index (χ2n) is 8.93. The van der Waals surface area contributed by atoms with Crippen LogP contribution in [0.3, 0.4) is 0 Å². The summed E-state index contributed by atoms with van der Waals surface area (Å²) >= 11 is 13.8. The summed E-state index contributed by atoms with van der Waals surface area (Å²) in [6.45, 7) is 4.20. The van der Waals surface area contributed by atoms with Gasteiger partial charge in [0, 0.05) is 21.5 Å². The van der Waals surface area contributed by atoms with Crippen LogP contribution < -0.4 is 10.3 Å². The van der Waals surface area contributed by atoms with E-state index in [-0.39, 0.29) is 5.56 Å². The number of hydrogen-bond acceptors (Lipinski definition) is 3. The molecule has 1 N–H and O–H groups in total. The van der Waals surface area contributed by atoms with E-state index >= 15 is 0 Å². The summed E-state index contributed by atoms with van der Waals surface area (Å²) < 4.78 is 7.39. The quantitative estimate of drug-likeness (QED) is 0.249. The van der Waals surface area contributed by atoms with E-state index in [0.29, 0.717) is 27.2 Å². The van der Waals surface area contributed by atoms with E-state index in [1.165, 1.54) is 31.2 Å². The van der Waals surface area contributed by atoms with Crippen LogP contribution in [0.1, 0.15) is 49.3 Å². The van der Waals surface area contributed by atoms with Crippen LogP contribution in [-0.2, 0) is 5.75 Å². The van der Waals surface area contributed by atoms with Gasteiger partial charge in [-0.3, -0.25) is 9.48 Å². The van der Waals surface area contributed by atoms with Crippen LogP contribution >= 0.6 is 35.1 Å². The van der Waals surface area contributed by atoms with Crippen molar-refractivity contribution >= 4 is 51.7 Å². The Hall–Kier alpha value is -2.60. The molecule has 0 aliphatic heterocycles. The normalized spacial score (nSPS) is 14.3. The number of halogens is 2. The molecule has 5 rings (SSSR count). The van der Waals surface area contributed by atoms with Gasteiger partial charge in [-0.1, -0.05) is 79.4 Å². The van der Waals surface area contributed by atoms with Crippen LogP contribution in [0.15, 0.2) is 78.1 Å². The van der Waals surface area contributed by atoms with Crippen molar-refractivity contribution in [3.8, 4) is 5.69 Å². The lowest BCUT2D eigenvalue weighted by Gasteiger charge is -2.26. The molecule has 0 saturated heterocycles. The Kier molecular flexibility index (Phi) is 7.28. The van der Waals surface area contributed by atoms with E-state index in [2.05, 4.69) is 22.0 Å². The average Bonchev–Trinajstić information content (AvgIpc) is 3.18. The molecule has 0 bridgehead atoms. The average molecular weight is 525 g/mol. The minimum Gasteiger partial charge on any atom is -0.329 e. The maximum Gasteiger partial charge on any atom is 0.279 e. The SMILES string of the molecule is C=C(NSCc1ccc(Cl)cc1Cl)c1ccc2c(c1)c(=O)n(-c1ccccc1)n2C1CCCCC1. The van der Waals surface area contributed by atoms with Gasteiger partial charge < -0.3 is 4.72 Å². The second-order valence-corrected chi connectivity index (χ2v) is 10.6. The lowest BCUT2D eigenvalue weighted by Crippen LogP contribution is -2.25. The van der Waals surface area contributed by atoms with Gasteiger partial charge in [0.05, 0.1) is 22.6 Å². The molecule has 0 amide bonds. The predicted octanol–water partition coefficient (Wildman–Crippen LogP) is 8.01. The van der Waals surface area contributed by atoms with Crippen molar-refractivity contribution in [2.24, 2.45) is 0 Å². The maximum atomic E-state index is 13.7. The Morgan fingerprint density at radius 1 is 1.00 bits per heavy atom. The van der Waals surface area contributed by atoms with Crippen LogP contribution in [0.2, 0.25) is 10.0 Å². The molecule has 1 fully saturated rings. The summed E-state index contributed by atoms with van der Waals surface area (Å²) in [7, 11) is 0. The van der Waals surface area contributed by atoms with Gasteiger partial charge in [0.2, 0.25) is 0 Å². The third-order valence-corrected chi connectivity index (χ3v) is 8.02. The van der Waals surface area contributed by atoms with Crippen LogP contribution in [0, 0.1) is 0 Å². The third kappa shape index (κ3) is 5.04. The monoisotopic (exact) mass is 523 g/mol.